The first-order valence-corrected chi connectivity index (χ1v) is 12.0. The molecule has 1 aliphatic carbocycles. The molecule has 152 valence electrons. The van der Waals surface area contributed by atoms with Gasteiger partial charge in [0.2, 0.25) is 5.91 Å². The molecule has 1 spiro atoms. The Balaban J connectivity index is 1.51. The number of halogens is 2. The molecule has 2 aromatic carbocycles. The minimum Gasteiger partial charge on any atom is -0.328 e. The van der Waals surface area contributed by atoms with E-state index in [-0.39, 0.29) is 33.7 Å². The second-order valence-corrected chi connectivity index (χ2v) is 10.9. The van der Waals surface area contributed by atoms with Gasteiger partial charge < -0.3 is 10.2 Å². The first-order valence-electron chi connectivity index (χ1n) is 8.98. The summed E-state index contributed by atoms with van der Waals surface area (Å²) >= 11 is 9.59. The lowest BCUT2D eigenvalue weighted by atomic mass is 9.86. The van der Waals surface area contributed by atoms with Crippen LogP contribution in [0, 0.1) is 0 Å². The molecule has 1 fully saturated rings. The Bertz CT molecular complexity index is 1150. The molecule has 0 atom stereocenters. The van der Waals surface area contributed by atoms with Crippen LogP contribution in [0.15, 0.2) is 45.8 Å². The summed E-state index contributed by atoms with van der Waals surface area (Å²) < 4.78 is 24.2. The van der Waals surface area contributed by atoms with Crippen molar-refractivity contribution in [2.45, 2.75) is 23.2 Å². The quantitative estimate of drug-likeness (QED) is 0.699. The number of anilines is 1. The van der Waals surface area contributed by atoms with Gasteiger partial charge in [-0.3, -0.25) is 9.59 Å². The second kappa shape index (κ2) is 7.11. The molecule has 0 aromatic heterocycles. The number of rotatable bonds is 4. The summed E-state index contributed by atoms with van der Waals surface area (Å²) in [7, 11) is -3.39. The zero-order valence-corrected chi connectivity index (χ0v) is 18.7. The van der Waals surface area contributed by atoms with Crippen molar-refractivity contribution in [2.24, 2.45) is 0 Å². The fourth-order valence-electron chi connectivity index (χ4n) is 3.73. The minimum absolute atomic E-state index is 0.0674. The number of sulfone groups is 1. The van der Waals surface area contributed by atoms with Crippen LogP contribution in [0.5, 0.6) is 0 Å². The van der Waals surface area contributed by atoms with Crippen molar-refractivity contribution >= 4 is 54.9 Å². The number of carbonyl (C=O) groups is 2. The first-order chi connectivity index (χ1) is 13.6. The van der Waals surface area contributed by atoms with Gasteiger partial charge in [0, 0.05) is 28.3 Å². The zero-order chi connectivity index (χ0) is 21.0. The monoisotopic (exact) mass is 496 g/mol. The molecular weight excluding hydrogens is 480 g/mol. The van der Waals surface area contributed by atoms with Crippen LogP contribution in [0.1, 0.15) is 28.8 Å². The van der Waals surface area contributed by atoms with Crippen LogP contribution < -0.4 is 5.32 Å². The van der Waals surface area contributed by atoms with E-state index < -0.39 is 9.84 Å². The highest BCUT2D eigenvalue weighted by Gasteiger charge is 2.51. The van der Waals surface area contributed by atoms with E-state index in [0.717, 1.165) is 29.1 Å². The van der Waals surface area contributed by atoms with E-state index in [2.05, 4.69) is 21.2 Å². The van der Waals surface area contributed by atoms with Gasteiger partial charge in [-0.15, -0.1) is 0 Å². The molecule has 0 unspecified atom stereocenters. The third kappa shape index (κ3) is 3.93. The normalized spacial score (nSPS) is 17.2. The van der Waals surface area contributed by atoms with E-state index in [1.165, 1.54) is 18.2 Å². The molecule has 1 saturated carbocycles. The number of nitrogens with one attached hydrogen (secondary N) is 1. The Labute approximate surface area is 182 Å². The lowest BCUT2D eigenvalue weighted by molar-refractivity contribution is -0.117. The topological polar surface area (TPSA) is 83.6 Å². The number of amides is 2. The van der Waals surface area contributed by atoms with Crippen molar-refractivity contribution in [3.05, 3.63) is 57.0 Å². The largest absolute Gasteiger partial charge is 0.328 e. The predicted molar refractivity (Wildman–Crippen MR) is 114 cm³/mol. The summed E-state index contributed by atoms with van der Waals surface area (Å²) in [5, 5.41) is 2.80. The fraction of sp³-hybridized carbons (Fsp3) is 0.300. The summed E-state index contributed by atoms with van der Waals surface area (Å²) in [5.74, 6) is -0.553. The average Bonchev–Trinajstić information content (AvgIpc) is 3.41. The van der Waals surface area contributed by atoms with Gasteiger partial charge in [0.05, 0.1) is 15.6 Å². The maximum Gasteiger partial charge on any atom is 0.254 e. The Kier molecular flexibility index (Phi) is 4.99. The molecule has 1 aliphatic heterocycles. The molecule has 2 amide bonds. The molecule has 4 rings (SSSR count). The number of hydrogen-bond acceptors (Lipinski definition) is 4. The molecular formula is C20H18BrClN2O4S. The maximum atomic E-state index is 12.9. The van der Waals surface area contributed by atoms with Crippen molar-refractivity contribution < 1.29 is 18.0 Å². The number of nitrogens with zero attached hydrogens (tertiary/aromatic N) is 1. The average molecular weight is 498 g/mol. The van der Waals surface area contributed by atoms with Crippen molar-refractivity contribution in [1.82, 2.24) is 4.90 Å². The Morgan fingerprint density at radius 1 is 1.24 bits per heavy atom. The van der Waals surface area contributed by atoms with Gasteiger partial charge >= 0.3 is 0 Å². The molecule has 0 radical (unpaired) electrons. The minimum atomic E-state index is -3.39. The van der Waals surface area contributed by atoms with E-state index in [9.17, 15) is 18.0 Å². The molecule has 2 aliphatic rings. The summed E-state index contributed by atoms with van der Waals surface area (Å²) in [6.45, 7) is 0.406. The smallest absolute Gasteiger partial charge is 0.254 e. The van der Waals surface area contributed by atoms with Crippen LogP contribution in [0.4, 0.5) is 5.69 Å². The lowest BCUT2D eigenvalue weighted by Gasteiger charge is -2.34. The van der Waals surface area contributed by atoms with Gasteiger partial charge in [-0.25, -0.2) is 8.42 Å². The fourth-order valence-corrected chi connectivity index (χ4v) is 5.03. The third-order valence-corrected chi connectivity index (χ3v) is 7.31. The van der Waals surface area contributed by atoms with Gasteiger partial charge in [0.25, 0.3) is 5.91 Å². The van der Waals surface area contributed by atoms with Gasteiger partial charge in [-0.1, -0.05) is 27.5 Å². The van der Waals surface area contributed by atoms with Crippen molar-refractivity contribution in [2.75, 3.05) is 24.7 Å². The van der Waals surface area contributed by atoms with Crippen LogP contribution in [-0.2, 0) is 20.0 Å². The highest BCUT2D eigenvalue weighted by molar-refractivity contribution is 9.10. The van der Waals surface area contributed by atoms with E-state index in [0.29, 0.717) is 17.8 Å². The first kappa shape index (κ1) is 20.4. The van der Waals surface area contributed by atoms with Crippen LogP contribution in [0.3, 0.4) is 0 Å². The van der Waals surface area contributed by atoms with E-state index in [1.54, 1.807) is 11.0 Å². The SMILES string of the molecule is CS(=O)(=O)c1ccc(NC(=O)CN2CC3(CC3)c3cc(Br)ccc3C2=O)c(Cl)c1. The number of carbonyl (C=O) groups excluding carboxylic acids is 2. The summed E-state index contributed by atoms with van der Waals surface area (Å²) in [4.78, 5) is 27.1. The van der Waals surface area contributed by atoms with Crippen LogP contribution >= 0.6 is 27.5 Å². The van der Waals surface area contributed by atoms with Gasteiger partial charge in [-0.05, 0) is 54.8 Å². The van der Waals surface area contributed by atoms with Crippen LogP contribution in [0.2, 0.25) is 5.02 Å². The number of fused-ring (bicyclic) bond motifs is 2. The predicted octanol–water partition coefficient (Wildman–Crippen LogP) is 3.63. The Morgan fingerprint density at radius 2 is 1.97 bits per heavy atom. The van der Waals surface area contributed by atoms with Crippen LogP contribution in [-0.4, -0.2) is 44.5 Å². The number of hydrogen-bond donors (Lipinski definition) is 1. The maximum absolute atomic E-state index is 12.9. The lowest BCUT2D eigenvalue weighted by Crippen LogP contribution is -2.46. The van der Waals surface area contributed by atoms with Crippen LogP contribution in [0.25, 0.3) is 0 Å². The van der Waals surface area contributed by atoms with Gasteiger partial charge in [-0.2, -0.15) is 0 Å². The van der Waals surface area contributed by atoms with Gasteiger partial charge in [0.1, 0.15) is 6.54 Å². The number of benzene rings is 2. The van der Waals surface area contributed by atoms with Crippen molar-refractivity contribution in [3.8, 4) is 0 Å². The Hall–Kier alpha value is -1.90. The standard InChI is InChI=1S/C20H18BrClN2O4S/c1-29(27,28)13-3-5-17(16(22)9-13)23-18(25)10-24-11-20(6-7-20)15-8-12(21)2-4-14(15)19(24)26/h2-5,8-9H,6-7,10-11H2,1H3,(H,23,25). The molecule has 1 N–H and O–H groups in total. The zero-order valence-electron chi connectivity index (χ0n) is 15.5. The third-order valence-electron chi connectivity index (χ3n) is 5.39. The van der Waals surface area contributed by atoms with Crippen molar-refractivity contribution in [3.63, 3.8) is 0 Å². The molecule has 1 heterocycles. The van der Waals surface area contributed by atoms with E-state index in [1.807, 2.05) is 12.1 Å². The highest BCUT2D eigenvalue weighted by atomic mass is 79.9. The molecule has 9 heteroatoms. The van der Waals surface area contributed by atoms with E-state index >= 15 is 0 Å². The molecule has 29 heavy (non-hydrogen) atoms. The molecule has 0 saturated heterocycles. The summed E-state index contributed by atoms with van der Waals surface area (Å²) in [5.41, 5.74) is 1.93. The summed E-state index contributed by atoms with van der Waals surface area (Å²) in [6.07, 6.45) is 3.06. The molecule has 6 nitrogen and oxygen atoms in total. The highest BCUT2D eigenvalue weighted by Crippen LogP contribution is 2.52. The van der Waals surface area contributed by atoms with Gasteiger partial charge in [0.15, 0.2) is 9.84 Å². The van der Waals surface area contributed by atoms with Crippen molar-refractivity contribution in [1.29, 1.82) is 0 Å². The molecule has 0 bridgehead atoms. The summed E-state index contributed by atoms with van der Waals surface area (Å²) in [6, 6.07) is 9.76. The molecule has 2 aromatic rings. The second-order valence-electron chi connectivity index (χ2n) is 7.59. The van der Waals surface area contributed by atoms with E-state index in [4.69, 9.17) is 11.6 Å². The Morgan fingerprint density at radius 3 is 2.59 bits per heavy atom.